The number of nitrogens with zero attached hydrogens (tertiary/aromatic N) is 2. The van der Waals surface area contributed by atoms with Crippen LogP contribution in [0.3, 0.4) is 0 Å². The Hall–Kier alpha value is -1.49. The lowest BCUT2D eigenvalue weighted by Gasteiger charge is -2.29. The van der Waals surface area contributed by atoms with Gasteiger partial charge in [0, 0.05) is 24.2 Å². The zero-order chi connectivity index (χ0) is 11.4. The van der Waals surface area contributed by atoms with E-state index in [9.17, 15) is 0 Å². The molecule has 0 radical (unpaired) electrons. The molecule has 1 saturated carbocycles. The Morgan fingerprint density at radius 1 is 1.31 bits per heavy atom. The molecule has 0 amide bonds. The van der Waals surface area contributed by atoms with Crippen LogP contribution in [0.15, 0.2) is 30.3 Å². The summed E-state index contributed by atoms with van der Waals surface area (Å²) in [6.45, 7) is 3.21. The highest BCUT2D eigenvalue weighted by Gasteiger charge is 2.28. The second-order valence-electron chi connectivity index (χ2n) is 4.41. The fraction of sp³-hybridized carbons (Fsp3) is 0.500. The van der Waals surface area contributed by atoms with Crippen LogP contribution in [-0.4, -0.2) is 12.6 Å². The summed E-state index contributed by atoms with van der Waals surface area (Å²) in [4.78, 5) is 2.43. The third-order valence-electron chi connectivity index (χ3n) is 3.46. The van der Waals surface area contributed by atoms with Gasteiger partial charge in [-0.3, -0.25) is 0 Å². The summed E-state index contributed by atoms with van der Waals surface area (Å²) in [5, 5.41) is 8.94. The van der Waals surface area contributed by atoms with Crippen molar-refractivity contribution >= 4 is 5.69 Å². The van der Waals surface area contributed by atoms with Gasteiger partial charge in [-0.25, -0.2) is 0 Å². The zero-order valence-electron chi connectivity index (χ0n) is 9.76. The molecule has 2 rings (SSSR count). The number of anilines is 1. The Morgan fingerprint density at radius 2 is 2.06 bits per heavy atom. The van der Waals surface area contributed by atoms with Crippen LogP contribution in [0.25, 0.3) is 0 Å². The first-order valence-corrected chi connectivity index (χ1v) is 6.06. The summed E-state index contributed by atoms with van der Waals surface area (Å²) >= 11 is 0. The Labute approximate surface area is 97.5 Å². The van der Waals surface area contributed by atoms with E-state index in [0.29, 0.717) is 6.04 Å². The van der Waals surface area contributed by atoms with E-state index in [1.54, 1.807) is 0 Å². The van der Waals surface area contributed by atoms with Crippen molar-refractivity contribution in [2.75, 3.05) is 11.4 Å². The number of para-hydroxylation sites is 1. The molecule has 1 aliphatic carbocycles. The van der Waals surface area contributed by atoms with Crippen molar-refractivity contribution in [1.82, 2.24) is 0 Å². The smallest absolute Gasteiger partial charge is 0.0656 e. The summed E-state index contributed by atoms with van der Waals surface area (Å²) < 4.78 is 0. The minimum Gasteiger partial charge on any atom is -0.369 e. The molecule has 2 nitrogen and oxygen atoms in total. The van der Waals surface area contributed by atoms with Gasteiger partial charge in [-0.15, -0.1) is 0 Å². The maximum atomic E-state index is 8.94. The highest BCUT2D eigenvalue weighted by Crippen LogP contribution is 2.31. The molecule has 16 heavy (non-hydrogen) atoms. The molecule has 0 saturated heterocycles. The van der Waals surface area contributed by atoms with E-state index in [2.05, 4.69) is 42.2 Å². The van der Waals surface area contributed by atoms with Gasteiger partial charge < -0.3 is 4.90 Å². The quantitative estimate of drug-likeness (QED) is 0.772. The lowest BCUT2D eigenvalue weighted by atomic mass is 10.1. The number of hydrogen-bond donors (Lipinski definition) is 0. The number of hydrogen-bond acceptors (Lipinski definition) is 2. The third-order valence-corrected chi connectivity index (χ3v) is 3.46. The van der Waals surface area contributed by atoms with Gasteiger partial charge in [0.25, 0.3) is 0 Å². The summed E-state index contributed by atoms with van der Waals surface area (Å²) in [6.07, 6.45) is 3.24. The molecule has 0 aromatic heterocycles. The first-order valence-electron chi connectivity index (χ1n) is 6.06. The van der Waals surface area contributed by atoms with Crippen LogP contribution in [0.4, 0.5) is 5.69 Å². The van der Waals surface area contributed by atoms with Crippen LogP contribution < -0.4 is 4.90 Å². The molecule has 2 atom stereocenters. The summed E-state index contributed by atoms with van der Waals surface area (Å²) in [5.74, 6) is 0.266. The third kappa shape index (κ3) is 2.19. The molecule has 0 spiro atoms. The van der Waals surface area contributed by atoms with E-state index in [-0.39, 0.29) is 5.92 Å². The van der Waals surface area contributed by atoms with Crippen LogP contribution in [0.5, 0.6) is 0 Å². The van der Waals surface area contributed by atoms with Gasteiger partial charge in [0.15, 0.2) is 0 Å². The van der Waals surface area contributed by atoms with E-state index in [4.69, 9.17) is 5.26 Å². The molecule has 1 aromatic carbocycles. The molecule has 1 fully saturated rings. The van der Waals surface area contributed by atoms with Crippen molar-refractivity contribution in [3.63, 3.8) is 0 Å². The van der Waals surface area contributed by atoms with Crippen LogP contribution in [0.1, 0.15) is 26.2 Å². The Kier molecular flexibility index (Phi) is 3.46. The molecule has 2 heteroatoms. The van der Waals surface area contributed by atoms with Crippen molar-refractivity contribution in [2.45, 2.75) is 32.2 Å². The van der Waals surface area contributed by atoms with Crippen molar-refractivity contribution in [3.8, 4) is 6.07 Å². The fourth-order valence-electron chi connectivity index (χ4n) is 2.63. The Bertz CT molecular complexity index is 366. The van der Waals surface area contributed by atoms with Gasteiger partial charge in [0.2, 0.25) is 0 Å². The van der Waals surface area contributed by atoms with Crippen molar-refractivity contribution in [2.24, 2.45) is 5.92 Å². The Balaban J connectivity index is 2.10. The van der Waals surface area contributed by atoms with Gasteiger partial charge in [-0.1, -0.05) is 18.2 Å². The van der Waals surface area contributed by atoms with Gasteiger partial charge in [-0.2, -0.15) is 5.26 Å². The average Bonchev–Trinajstić information content (AvgIpc) is 2.80. The maximum Gasteiger partial charge on any atom is 0.0656 e. The average molecular weight is 214 g/mol. The van der Waals surface area contributed by atoms with Gasteiger partial charge in [-0.05, 0) is 38.3 Å². The predicted molar refractivity (Wildman–Crippen MR) is 66.2 cm³/mol. The van der Waals surface area contributed by atoms with Gasteiger partial charge in [0.1, 0.15) is 0 Å². The first-order chi connectivity index (χ1) is 7.85. The minimum atomic E-state index is 0.266. The van der Waals surface area contributed by atoms with Crippen molar-refractivity contribution in [3.05, 3.63) is 30.3 Å². The molecule has 0 heterocycles. The normalized spacial score (nSPS) is 24.0. The molecule has 1 aliphatic rings. The Morgan fingerprint density at radius 3 is 2.62 bits per heavy atom. The van der Waals surface area contributed by atoms with Crippen LogP contribution in [0, 0.1) is 17.2 Å². The SMILES string of the molecule is CCN(c1ccccc1)C1CCC(C#N)C1. The first kappa shape index (κ1) is 11.0. The molecular formula is C14H18N2. The second-order valence-corrected chi connectivity index (χ2v) is 4.41. The molecule has 1 aromatic rings. The summed E-state index contributed by atoms with van der Waals surface area (Å²) in [7, 11) is 0. The topological polar surface area (TPSA) is 27.0 Å². The lowest BCUT2D eigenvalue weighted by Crippen LogP contribution is -2.33. The lowest BCUT2D eigenvalue weighted by molar-refractivity contribution is 0.602. The van der Waals surface area contributed by atoms with E-state index >= 15 is 0 Å². The standard InChI is InChI=1S/C14H18N2/c1-2-16(13-6-4-3-5-7-13)14-9-8-12(10-14)11-15/h3-7,12,14H,2,8-10H2,1H3. The molecule has 0 aliphatic heterocycles. The van der Waals surface area contributed by atoms with Crippen LogP contribution in [0.2, 0.25) is 0 Å². The maximum absolute atomic E-state index is 8.94. The molecule has 0 N–H and O–H groups in total. The van der Waals surface area contributed by atoms with E-state index < -0.39 is 0 Å². The molecular weight excluding hydrogens is 196 g/mol. The predicted octanol–water partition coefficient (Wildman–Crippen LogP) is 3.21. The van der Waals surface area contributed by atoms with Gasteiger partial charge in [0.05, 0.1) is 6.07 Å². The summed E-state index contributed by atoms with van der Waals surface area (Å²) in [5.41, 5.74) is 1.29. The largest absolute Gasteiger partial charge is 0.369 e. The number of nitriles is 1. The fourth-order valence-corrected chi connectivity index (χ4v) is 2.63. The zero-order valence-corrected chi connectivity index (χ0v) is 9.76. The van der Waals surface area contributed by atoms with E-state index in [0.717, 1.165) is 25.8 Å². The van der Waals surface area contributed by atoms with Gasteiger partial charge >= 0.3 is 0 Å². The highest BCUT2D eigenvalue weighted by molar-refractivity contribution is 5.47. The molecule has 0 bridgehead atoms. The van der Waals surface area contributed by atoms with Crippen LogP contribution >= 0.6 is 0 Å². The monoisotopic (exact) mass is 214 g/mol. The number of benzene rings is 1. The molecule has 2 unspecified atom stereocenters. The van der Waals surface area contributed by atoms with E-state index in [1.807, 2.05) is 6.07 Å². The number of rotatable bonds is 3. The minimum absolute atomic E-state index is 0.266. The molecule has 84 valence electrons. The van der Waals surface area contributed by atoms with E-state index in [1.165, 1.54) is 5.69 Å². The van der Waals surface area contributed by atoms with Crippen molar-refractivity contribution < 1.29 is 0 Å². The second kappa shape index (κ2) is 5.03. The summed E-state index contributed by atoms with van der Waals surface area (Å²) in [6, 6.07) is 13.5. The van der Waals surface area contributed by atoms with Crippen molar-refractivity contribution in [1.29, 1.82) is 5.26 Å². The van der Waals surface area contributed by atoms with Crippen LogP contribution in [-0.2, 0) is 0 Å². The highest BCUT2D eigenvalue weighted by atomic mass is 15.2.